The van der Waals surface area contributed by atoms with Crippen LogP contribution in [0.15, 0.2) is 36.5 Å². The van der Waals surface area contributed by atoms with E-state index in [0.717, 1.165) is 0 Å². The van der Waals surface area contributed by atoms with Gasteiger partial charge in [-0.15, -0.1) is 0 Å². The zero-order valence-electron chi connectivity index (χ0n) is 13.6. The lowest BCUT2D eigenvalue weighted by Crippen LogP contribution is -2.41. The van der Waals surface area contributed by atoms with Gasteiger partial charge >= 0.3 is 0 Å². The van der Waals surface area contributed by atoms with Crippen LogP contribution in [0.25, 0.3) is 0 Å². The Hall–Kier alpha value is -2.50. The van der Waals surface area contributed by atoms with Gasteiger partial charge in [0, 0.05) is 18.3 Å². The van der Waals surface area contributed by atoms with Crippen LogP contribution in [0, 0.1) is 5.82 Å². The van der Waals surface area contributed by atoms with E-state index in [0.29, 0.717) is 30.2 Å². The maximum atomic E-state index is 13.5. The van der Waals surface area contributed by atoms with Gasteiger partial charge in [0.15, 0.2) is 0 Å². The number of nitrogens with one attached hydrogen (secondary N) is 2. The van der Waals surface area contributed by atoms with Gasteiger partial charge < -0.3 is 10.6 Å². The Morgan fingerprint density at radius 1 is 1.22 bits per heavy atom. The Morgan fingerprint density at radius 3 is 2.65 bits per heavy atom. The van der Waals surface area contributed by atoms with E-state index >= 15 is 0 Å². The highest BCUT2D eigenvalue weighted by atomic mass is 19.1. The molecule has 0 saturated heterocycles. The first kappa shape index (κ1) is 16.9. The predicted molar refractivity (Wildman–Crippen MR) is 87.8 cm³/mol. The minimum atomic E-state index is -0.333. The topological polar surface area (TPSA) is 66.9 Å². The Bertz CT molecular complexity index is 682. The summed E-state index contributed by atoms with van der Waals surface area (Å²) in [5.41, 5.74) is 0.588. The molecule has 0 bridgehead atoms. The van der Waals surface area contributed by atoms with Gasteiger partial charge in [0.2, 0.25) is 5.95 Å². The number of benzene rings is 1. The molecule has 5 nitrogen and oxygen atoms in total. The van der Waals surface area contributed by atoms with Gasteiger partial charge in [0.05, 0.1) is 0 Å². The standard InChI is InChI=1S/C17H21FN4O/c1-17(2,3)22-15(23)14-9-11-20-16(21-14)19-10-8-12-6-4-5-7-13(12)18/h4-7,9,11H,8,10H2,1-3H3,(H,22,23)(H,19,20,21). The van der Waals surface area contributed by atoms with Crippen LogP contribution in [0.5, 0.6) is 0 Å². The van der Waals surface area contributed by atoms with E-state index in [2.05, 4.69) is 20.6 Å². The summed E-state index contributed by atoms with van der Waals surface area (Å²) in [5, 5.41) is 5.86. The summed E-state index contributed by atoms with van der Waals surface area (Å²) in [7, 11) is 0. The molecule has 2 rings (SSSR count). The molecule has 0 radical (unpaired) electrons. The number of aromatic nitrogens is 2. The van der Waals surface area contributed by atoms with Crippen molar-refractivity contribution in [2.24, 2.45) is 0 Å². The van der Waals surface area contributed by atoms with Crippen molar-refractivity contribution in [1.29, 1.82) is 0 Å². The number of carbonyl (C=O) groups is 1. The Labute approximate surface area is 135 Å². The number of carbonyl (C=O) groups excluding carboxylic acids is 1. The first-order valence-corrected chi connectivity index (χ1v) is 7.48. The van der Waals surface area contributed by atoms with Gasteiger partial charge in [-0.25, -0.2) is 14.4 Å². The summed E-state index contributed by atoms with van der Waals surface area (Å²) in [4.78, 5) is 20.3. The fourth-order valence-electron chi connectivity index (χ4n) is 1.99. The molecule has 1 aromatic heterocycles. The second kappa shape index (κ2) is 7.17. The maximum Gasteiger partial charge on any atom is 0.270 e. The highest BCUT2D eigenvalue weighted by Crippen LogP contribution is 2.08. The van der Waals surface area contributed by atoms with E-state index in [-0.39, 0.29) is 17.3 Å². The van der Waals surface area contributed by atoms with E-state index < -0.39 is 0 Å². The molecule has 1 amide bonds. The average Bonchev–Trinajstić information content (AvgIpc) is 2.48. The zero-order chi connectivity index (χ0) is 16.9. The molecule has 2 N–H and O–H groups in total. The number of nitrogens with zero attached hydrogens (tertiary/aromatic N) is 2. The molecule has 0 unspecified atom stereocenters. The molecule has 0 atom stereocenters. The molecule has 6 heteroatoms. The Morgan fingerprint density at radius 2 is 1.96 bits per heavy atom. The summed E-state index contributed by atoms with van der Waals surface area (Å²) in [6.07, 6.45) is 2.03. The molecule has 0 aliphatic carbocycles. The van der Waals surface area contributed by atoms with Gasteiger partial charge in [0.25, 0.3) is 5.91 Å². The fraction of sp³-hybridized carbons (Fsp3) is 0.353. The van der Waals surface area contributed by atoms with Crippen molar-refractivity contribution < 1.29 is 9.18 Å². The quantitative estimate of drug-likeness (QED) is 0.890. The number of anilines is 1. The van der Waals surface area contributed by atoms with Crippen LogP contribution in [-0.2, 0) is 6.42 Å². The SMILES string of the molecule is CC(C)(C)NC(=O)c1ccnc(NCCc2ccccc2F)n1. The number of halogens is 1. The van der Waals surface area contributed by atoms with E-state index in [1.807, 2.05) is 20.8 Å². The second-order valence-corrected chi connectivity index (χ2v) is 6.24. The van der Waals surface area contributed by atoms with Gasteiger partial charge in [-0.05, 0) is 44.9 Å². The fourth-order valence-corrected chi connectivity index (χ4v) is 1.99. The van der Waals surface area contributed by atoms with E-state index in [1.54, 1.807) is 24.3 Å². The average molecular weight is 316 g/mol. The van der Waals surface area contributed by atoms with Crippen LogP contribution < -0.4 is 10.6 Å². The van der Waals surface area contributed by atoms with Crippen molar-refractivity contribution in [1.82, 2.24) is 15.3 Å². The third kappa shape index (κ3) is 5.32. The van der Waals surface area contributed by atoms with Crippen molar-refractivity contribution >= 4 is 11.9 Å². The first-order valence-electron chi connectivity index (χ1n) is 7.48. The molecular formula is C17H21FN4O. The summed E-state index contributed by atoms with van der Waals surface area (Å²) in [5.74, 6) is -0.131. The molecule has 0 spiro atoms. The Balaban J connectivity index is 1.95. The van der Waals surface area contributed by atoms with Crippen molar-refractivity contribution in [2.75, 3.05) is 11.9 Å². The van der Waals surface area contributed by atoms with Crippen molar-refractivity contribution in [2.45, 2.75) is 32.7 Å². The smallest absolute Gasteiger partial charge is 0.270 e. The number of rotatable bonds is 5. The number of amides is 1. The van der Waals surface area contributed by atoms with Crippen molar-refractivity contribution in [3.05, 3.63) is 53.6 Å². The van der Waals surface area contributed by atoms with Crippen molar-refractivity contribution in [3.8, 4) is 0 Å². The lowest BCUT2D eigenvalue weighted by atomic mass is 10.1. The predicted octanol–water partition coefficient (Wildman–Crippen LogP) is 2.80. The molecule has 2 aromatic rings. The molecule has 23 heavy (non-hydrogen) atoms. The van der Waals surface area contributed by atoms with Crippen LogP contribution in [0.1, 0.15) is 36.8 Å². The molecule has 0 saturated carbocycles. The van der Waals surface area contributed by atoms with Gasteiger partial charge in [-0.2, -0.15) is 0 Å². The van der Waals surface area contributed by atoms with E-state index in [1.165, 1.54) is 12.3 Å². The summed E-state index contributed by atoms with van der Waals surface area (Å²) in [6.45, 7) is 6.18. The van der Waals surface area contributed by atoms with Gasteiger partial charge in [-0.3, -0.25) is 4.79 Å². The molecule has 0 aliphatic heterocycles. The highest BCUT2D eigenvalue weighted by molar-refractivity contribution is 5.92. The lowest BCUT2D eigenvalue weighted by molar-refractivity contribution is 0.0914. The highest BCUT2D eigenvalue weighted by Gasteiger charge is 2.16. The lowest BCUT2D eigenvalue weighted by Gasteiger charge is -2.20. The molecule has 1 aromatic carbocycles. The minimum Gasteiger partial charge on any atom is -0.354 e. The number of hydrogen-bond donors (Lipinski definition) is 2. The molecule has 0 fully saturated rings. The third-order valence-corrected chi connectivity index (χ3v) is 3.01. The maximum absolute atomic E-state index is 13.5. The zero-order valence-corrected chi connectivity index (χ0v) is 13.6. The summed E-state index contributed by atoms with van der Waals surface area (Å²) in [6, 6.07) is 8.19. The second-order valence-electron chi connectivity index (χ2n) is 6.24. The number of hydrogen-bond acceptors (Lipinski definition) is 4. The van der Waals surface area contributed by atoms with Gasteiger partial charge in [0.1, 0.15) is 11.5 Å². The van der Waals surface area contributed by atoms with Crippen LogP contribution in [-0.4, -0.2) is 28.0 Å². The Kier molecular flexibility index (Phi) is 5.26. The summed E-state index contributed by atoms with van der Waals surface area (Å²) >= 11 is 0. The normalized spacial score (nSPS) is 11.1. The van der Waals surface area contributed by atoms with E-state index in [9.17, 15) is 9.18 Å². The third-order valence-electron chi connectivity index (χ3n) is 3.01. The van der Waals surface area contributed by atoms with Gasteiger partial charge in [-0.1, -0.05) is 18.2 Å². The minimum absolute atomic E-state index is 0.228. The van der Waals surface area contributed by atoms with E-state index in [4.69, 9.17) is 0 Å². The monoisotopic (exact) mass is 316 g/mol. The molecular weight excluding hydrogens is 295 g/mol. The largest absolute Gasteiger partial charge is 0.354 e. The van der Waals surface area contributed by atoms with Crippen LogP contribution in [0.4, 0.5) is 10.3 Å². The summed E-state index contributed by atoms with van der Waals surface area (Å²) < 4.78 is 13.5. The van der Waals surface area contributed by atoms with Crippen LogP contribution >= 0.6 is 0 Å². The first-order chi connectivity index (χ1) is 10.8. The molecule has 1 heterocycles. The molecule has 0 aliphatic rings. The molecule has 122 valence electrons. The van der Waals surface area contributed by atoms with Crippen molar-refractivity contribution in [3.63, 3.8) is 0 Å². The van der Waals surface area contributed by atoms with Crippen LogP contribution in [0.2, 0.25) is 0 Å². The van der Waals surface area contributed by atoms with Crippen LogP contribution in [0.3, 0.4) is 0 Å².